The molecular weight excluding hydrogens is 303 g/mol. The second-order valence-electron chi connectivity index (χ2n) is 5.16. The molecule has 0 spiro atoms. The molecule has 0 atom stereocenters. The molecule has 1 aromatic heterocycles. The van der Waals surface area contributed by atoms with Crippen LogP contribution in [0.1, 0.15) is 12.7 Å². The van der Waals surface area contributed by atoms with Gasteiger partial charge in [-0.15, -0.1) is 0 Å². The van der Waals surface area contributed by atoms with Crippen molar-refractivity contribution in [3.05, 3.63) is 35.9 Å². The normalized spacial score (nSPS) is 16.0. The molecule has 22 heavy (non-hydrogen) atoms. The lowest BCUT2D eigenvalue weighted by atomic mass is 10.3. The molecule has 0 amide bonds. The third-order valence-electron chi connectivity index (χ3n) is 3.73. The molecule has 1 saturated heterocycles. The summed E-state index contributed by atoms with van der Waals surface area (Å²) in [5.74, 6) is 1.02. The lowest BCUT2D eigenvalue weighted by Crippen LogP contribution is -2.46. The van der Waals surface area contributed by atoms with Crippen molar-refractivity contribution in [3.8, 4) is 5.75 Å². The van der Waals surface area contributed by atoms with Gasteiger partial charge in [0.25, 0.3) is 0 Å². The van der Waals surface area contributed by atoms with Gasteiger partial charge in [-0.1, -0.05) is 6.92 Å². The first kappa shape index (κ1) is 15.2. The van der Waals surface area contributed by atoms with Crippen LogP contribution < -0.4 is 9.64 Å². The Morgan fingerprint density at radius 3 is 2.59 bits per heavy atom. The fourth-order valence-electron chi connectivity index (χ4n) is 2.37. The van der Waals surface area contributed by atoms with Crippen LogP contribution in [0.25, 0.3) is 0 Å². The van der Waals surface area contributed by atoms with Crippen molar-refractivity contribution in [1.82, 2.24) is 14.3 Å². The molecule has 118 valence electrons. The smallest absolute Gasteiger partial charge is 0.205 e. The van der Waals surface area contributed by atoms with Gasteiger partial charge >= 0.3 is 0 Å². The maximum Gasteiger partial charge on any atom is 0.205 e. The molecule has 5 nitrogen and oxygen atoms in total. The van der Waals surface area contributed by atoms with Crippen LogP contribution in [-0.2, 0) is 6.61 Å². The van der Waals surface area contributed by atoms with E-state index < -0.39 is 0 Å². The summed E-state index contributed by atoms with van der Waals surface area (Å²) in [6, 6.07) is 5.96. The summed E-state index contributed by atoms with van der Waals surface area (Å²) in [6.07, 6.45) is 0. The number of nitrogens with zero attached hydrogens (tertiary/aromatic N) is 4. The SMILES string of the molecule is CCN1CCN(c2nc(COc3ccc(F)cc3)ns2)CC1. The third-order valence-corrected chi connectivity index (χ3v) is 4.54. The highest BCUT2D eigenvalue weighted by molar-refractivity contribution is 7.09. The van der Waals surface area contributed by atoms with Crippen molar-refractivity contribution < 1.29 is 9.13 Å². The lowest BCUT2D eigenvalue weighted by Gasteiger charge is -2.33. The van der Waals surface area contributed by atoms with E-state index in [1.54, 1.807) is 12.1 Å². The van der Waals surface area contributed by atoms with E-state index >= 15 is 0 Å². The Morgan fingerprint density at radius 1 is 1.18 bits per heavy atom. The molecule has 0 unspecified atom stereocenters. The van der Waals surface area contributed by atoms with Crippen molar-refractivity contribution >= 4 is 16.7 Å². The van der Waals surface area contributed by atoms with Gasteiger partial charge in [-0.3, -0.25) is 0 Å². The van der Waals surface area contributed by atoms with Crippen LogP contribution in [0, 0.1) is 5.82 Å². The van der Waals surface area contributed by atoms with E-state index in [-0.39, 0.29) is 5.82 Å². The molecule has 0 radical (unpaired) electrons. The van der Waals surface area contributed by atoms with Crippen LogP contribution in [0.4, 0.5) is 9.52 Å². The zero-order valence-corrected chi connectivity index (χ0v) is 13.4. The van der Waals surface area contributed by atoms with Crippen molar-refractivity contribution in [2.75, 3.05) is 37.6 Å². The third kappa shape index (κ3) is 3.72. The van der Waals surface area contributed by atoms with Gasteiger partial charge in [0.2, 0.25) is 5.13 Å². The molecule has 0 bridgehead atoms. The number of hydrogen-bond donors (Lipinski definition) is 0. The van der Waals surface area contributed by atoms with Crippen LogP contribution in [0.2, 0.25) is 0 Å². The molecule has 0 saturated carbocycles. The molecule has 0 N–H and O–H groups in total. The number of benzene rings is 1. The Kier molecular flexibility index (Phi) is 4.84. The Hall–Kier alpha value is -1.73. The number of rotatable bonds is 5. The molecule has 2 aromatic rings. The predicted molar refractivity (Wildman–Crippen MR) is 85.0 cm³/mol. The largest absolute Gasteiger partial charge is 0.486 e. The highest BCUT2D eigenvalue weighted by atomic mass is 32.1. The summed E-state index contributed by atoms with van der Waals surface area (Å²) in [5.41, 5.74) is 0. The standard InChI is InChI=1S/C15H19FN4OS/c1-2-19-7-9-20(10-8-19)15-17-14(18-22-15)11-21-13-5-3-12(16)4-6-13/h3-6H,2,7-11H2,1H3. The summed E-state index contributed by atoms with van der Waals surface area (Å²) < 4.78 is 22.7. The second kappa shape index (κ2) is 7.02. The van der Waals surface area contributed by atoms with Crippen LogP contribution in [0.3, 0.4) is 0 Å². The first-order valence-electron chi connectivity index (χ1n) is 7.43. The van der Waals surface area contributed by atoms with E-state index in [1.165, 1.54) is 23.7 Å². The zero-order chi connectivity index (χ0) is 15.4. The lowest BCUT2D eigenvalue weighted by molar-refractivity contribution is 0.270. The van der Waals surface area contributed by atoms with E-state index in [0.717, 1.165) is 37.9 Å². The number of piperazine rings is 1. The van der Waals surface area contributed by atoms with Gasteiger partial charge in [0.05, 0.1) is 0 Å². The van der Waals surface area contributed by atoms with Gasteiger partial charge in [-0.2, -0.15) is 9.36 Å². The van der Waals surface area contributed by atoms with Gasteiger partial charge in [-0.25, -0.2) is 4.39 Å². The summed E-state index contributed by atoms with van der Waals surface area (Å²) in [5, 5.41) is 0.952. The summed E-state index contributed by atoms with van der Waals surface area (Å²) in [7, 11) is 0. The molecule has 1 fully saturated rings. The number of halogens is 1. The molecule has 3 rings (SSSR count). The van der Waals surface area contributed by atoms with E-state index in [4.69, 9.17) is 4.74 Å². The summed E-state index contributed by atoms with van der Waals surface area (Å²) in [6.45, 7) is 7.70. The van der Waals surface area contributed by atoms with Crippen molar-refractivity contribution in [1.29, 1.82) is 0 Å². The first-order valence-corrected chi connectivity index (χ1v) is 8.20. The van der Waals surface area contributed by atoms with Gasteiger partial charge in [0, 0.05) is 37.7 Å². The van der Waals surface area contributed by atoms with Crippen LogP contribution in [0.5, 0.6) is 5.75 Å². The molecule has 2 heterocycles. The van der Waals surface area contributed by atoms with Crippen molar-refractivity contribution in [3.63, 3.8) is 0 Å². The van der Waals surface area contributed by atoms with Crippen molar-refractivity contribution in [2.24, 2.45) is 0 Å². The Morgan fingerprint density at radius 2 is 1.91 bits per heavy atom. The fraction of sp³-hybridized carbons (Fsp3) is 0.467. The average Bonchev–Trinajstić information content (AvgIpc) is 3.03. The number of anilines is 1. The average molecular weight is 322 g/mol. The van der Waals surface area contributed by atoms with E-state index in [9.17, 15) is 4.39 Å². The van der Waals surface area contributed by atoms with Crippen LogP contribution in [-0.4, -0.2) is 47.0 Å². The highest BCUT2D eigenvalue weighted by Gasteiger charge is 2.19. The van der Waals surface area contributed by atoms with E-state index in [2.05, 4.69) is 26.1 Å². The molecule has 1 aliphatic rings. The summed E-state index contributed by atoms with van der Waals surface area (Å²) in [4.78, 5) is 9.23. The van der Waals surface area contributed by atoms with Crippen LogP contribution >= 0.6 is 11.5 Å². The minimum atomic E-state index is -0.271. The minimum absolute atomic E-state index is 0.271. The molecule has 1 aliphatic heterocycles. The van der Waals surface area contributed by atoms with Crippen molar-refractivity contribution in [2.45, 2.75) is 13.5 Å². The Balaban J connectivity index is 1.54. The molecular formula is C15H19FN4OS. The van der Waals surface area contributed by atoms with E-state index in [1.807, 2.05) is 0 Å². The number of likely N-dealkylation sites (N-methyl/N-ethyl adjacent to an activating group) is 1. The quantitative estimate of drug-likeness (QED) is 0.845. The Labute approximate surface area is 133 Å². The molecule has 1 aromatic carbocycles. The monoisotopic (exact) mass is 322 g/mol. The van der Waals surface area contributed by atoms with Gasteiger partial charge in [0.1, 0.15) is 18.2 Å². The zero-order valence-electron chi connectivity index (χ0n) is 12.5. The van der Waals surface area contributed by atoms with Gasteiger partial charge < -0.3 is 14.5 Å². The van der Waals surface area contributed by atoms with Gasteiger partial charge in [-0.05, 0) is 30.8 Å². The first-order chi connectivity index (χ1) is 10.7. The second-order valence-corrected chi connectivity index (χ2v) is 5.89. The number of ether oxygens (including phenoxy) is 1. The van der Waals surface area contributed by atoms with E-state index in [0.29, 0.717) is 18.2 Å². The predicted octanol–water partition coefficient (Wildman–Crippen LogP) is 2.40. The van der Waals surface area contributed by atoms with Crippen LogP contribution in [0.15, 0.2) is 24.3 Å². The summed E-state index contributed by atoms with van der Waals surface area (Å²) >= 11 is 1.41. The molecule has 7 heteroatoms. The minimum Gasteiger partial charge on any atom is -0.486 e. The van der Waals surface area contributed by atoms with Gasteiger partial charge in [0.15, 0.2) is 5.82 Å². The highest BCUT2D eigenvalue weighted by Crippen LogP contribution is 2.20. The number of hydrogen-bond acceptors (Lipinski definition) is 6. The topological polar surface area (TPSA) is 41.5 Å². The maximum atomic E-state index is 12.8. The number of aromatic nitrogens is 2. The fourth-order valence-corrected chi connectivity index (χ4v) is 3.09. The molecule has 0 aliphatic carbocycles. The maximum absolute atomic E-state index is 12.8. The Bertz CT molecular complexity index is 596.